The van der Waals surface area contributed by atoms with Crippen molar-refractivity contribution in [1.82, 2.24) is 10.6 Å². The summed E-state index contributed by atoms with van der Waals surface area (Å²) in [5.74, 6) is -0.312. The van der Waals surface area contributed by atoms with Crippen LogP contribution in [0.4, 0.5) is 5.69 Å². The van der Waals surface area contributed by atoms with Crippen LogP contribution in [0.15, 0.2) is 66.0 Å². The summed E-state index contributed by atoms with van der Waals surface area (Å²) in [5, 5.41) is 7.44. The second-order valence-electron chi connectivity index (χ2n) is 8.66. The second-order valence-corrected chi connectivity index (χ2v) is 9.60. The van der Waals surface area contributed by atoms with Crippen molar-refractivity contribution in [3.63, 3.8) is 0 Å². The molecule has 3 aromatic rings. The van der Waals surface area contributed by atoms with Gasteiger partial charge in [-0.2, -0.15) is 0 Å². The van der Waals surface area contributed by atoms with Crippen LogP contribution in [0.2, 0.25) is 0 Å². The van der Waals surface area contributed by atoms with E-state index in [9.17, 15) is 14.4 Å². The molecule has 9 nitrogen and oxygen atoms in total. The zero-order chi connectivity index (χ0) is 26.9. The molecule has 4 rings (SSSR count). The van der Waals surface area contributed by atoms with Gasteiger partial charge in [-0.25, -0.2) is 0 Å². The molecule has 2 N–H and O–H groups in total. The third kappa shape index (κ3) is 6.51. The summed E-state index contributed by atoms with van der Waals surface area (Å²) >= 11 is 1.28. The molecule has 3 amide bonds. The first-order valence-corrected chi connectivity index (χ1v) is 13.2. The van der Waals surface area contributed by atoms with Gasteiger partial charge < -0.3 is 24.8 Å². The van der Waals surface area contributed by atoms with E-state index in [-0.39, 0.29) is 24.5 Å². The van der Waals surface area contributed by atoms with E-state index in [1.54, 1.807) is 47.8 Å². The van der Waals surface area contributed by atoms with Crippen molar-refractivity contribution in [2.75, 3.05) is 38.8 Å². The lowest BCUT2D eigenvalue weighted by atomic mass is 10.0. The average molecular weight is 538 g/mol. The molecule has 0 aliphatic carbocycles. The van der Waals surface area contributed by atoms with Gasteiger partial charge in [0.25, 0.3) is 5.91 Å². The standard InChI is InChI=1S/C28H31N3O6S/c1-35-22-13-12-20(16-23(22)36-2)31(25(32)18-30-27(33)24-11-7-15-38-24)26(19-8-4-3-5-9-19)28(34)29-17-21-10-6-14-37-21/h3-5,7-9,11-13,15-16,21,26H,6,10,14,17-18H2,1-2H3,(H,29,34)(H,30,33)/t21-,26+/m1/s1. The van der Waals surface area contributed by atoms with Crippen molar-refractivity contribution in [2.24, 2.45) is 0 Å². The molecule has 0 unspecified atom stereocenters. The van der Waals surface area contributed by atoms with Gasteiger partial charge in [-0.1, -0.05) is 36.4 Å². The molecule has 2 heterocycles. The second kappa shape index (κ2) is 13.1. The van der Waals surface area contributed by atoms with E-state index < -0.39 is 11.9 Å². The maximum atomic E-state index is 13.8. The number of carbonyl (C=O) groups is 3. The number of benzene rings is 2. The summed E-state index contributed by atoms with van der Waals surface area (Å²) in [5.41, 5.74) is 1.03. The minimum absolute atomic E-state index is 0.0642. The first kappa shape index (κ1) is 27.2. The van der Waals surface area contributed by atoms with Crippen molar-refractivity contribution >= 4 is 34.7 Å². The van der Waals surface area contributed by atoms with Gasteiger partial charge in [0.15, 0.2) is 11.5 Å². The molecule has 0 bridgehead atoms. The highest BCUT2D eigenvalue weighted by atomic mass is 32.1. The minimum Gasteiger partial charge on any atom is -0.493 e. The number of hydrogen-bond donors (Lipinski definition) is 2. The lowest BCUT2D eigenvalue weighted by Gasteiger charge is -2.32. The largest absolute Gasteiger partial charge is 0.493 e. The first-order valence-electron chi connectivity index (χ1n) is 12.3. The van der Waals surface area contributed by atoms with E-state index in [4.69, 9.17) is 14.2 Å². The molecule has 200 valence electrons. The van der Waals surface area contributed by atoms with Crippen LogP contribution in [-0.2, 0) is 14.3 Å². The normalized spacial score (nSPS) is 15.4. The van der Waals surface area contributed by atoms with Crippen LogP contribution in [0.3, 0.4) is 0 Å². The fourth-order valence-electron chi connectivity index (χ4n) is 4.32. The van der Waals surface area contributed by atoms with Gasteiger partial charge in [0, 0.05) is 24.9 Å². The van der Waals surface area contributed by atoms with Crippen LogP contribution in [0.25, 0.3) is 0 Å². The van der Waals surface area contributed by atoms with Crippen LogP contribution < -0.4 is 25.0 Å². The summed E-state index contributed by atoms with van der Waals surface area (Å²) in [6, 6.07) is 16.5. The zero-order valence-corrected chi connectivity index (χ0v) is 22.2. The SMILES string of the molecule is COc1ccc(N(C(=O)CNC(=O)c2cccs2)[C@H](C(=O)NC[C@H]2CCCO2)c2ccccc2)cc1OC. The third-order valence-corrected chi connectivity index (χ3v) is 7.08. The topological polar surface area (TPSA) is 106 Å². The van der Waals surface area contributed by atoms with Gasteiger partial charge in [-0.05, 0) is 42.0 Å². The fraction of sp³-hybridized carbons (Fsp3) is 0.321. The predicted octanol–water partition coefficient (Wildman–Crippen LogP) is 3.56. The highest BCUT2D eigenvalue weighted by Crippen LogP contribution is 2.35. The minimum atomic E-state index is -1.01. The molecule has 1 aliphatic heterocycles. The van der Waals surface area contributed by atoms with Crippen LogP contribution in [-0.4, -0.2) is 57.7 Å². The monoisotopic (exact) mass is 537 g/mol. The summed E-state index contributed by atoms with van der Waals surface area (Å²) in [7, 11) is 3.02. The van der Waals surface area contributed by atoms with E-state index in [0.29, 0.717) is 40.8 Å². The van der Waals surface area contributed by atoms with Crippen molar-refractivity contribution in [2.45, 2.75) is 25.0 Å². The maximum Gasteiger partial charge on any atom is 0.261 e. The van der Waals surface area contributed by atoms with E-state index in [1.165, 1.54) is 30.5 Å². The van der Waals surface area contributed by atoms with Crippen LogP contribution in [0, 0.1) is 0 Å². The lowest BCUT2D eigenvalue weighted by molar-refractivity contribution is -0.126. The Balaban J connectivity index is 1.69. The maximum absolute atomic E-state index is 13.8. The van der Waals surface area contributed by atoms with Crippen LogP contribution >= 0.6 is 11.3 Å². The molecule has 2 aromatic carbocycles. The number of thiophene rings is 1. The van der Waals surface area contributed by atoms with Crippen molar-refractivity contribution in [3.8, 4) is 11.5 Å². The van der Waals surface area contributed by atoms with Gasteiger partial charge in [0.2, 0.25) is 11.8 Å². The van der Waals surface area contributed by atoms with E-state index in [2.05, 4.69) is 10.6 Å². The highest BCUT2D eigenvalue weighted by Gasteiger charge is 2.34. The van der Waals surface area contributed by atoms with Crippen molar-refractivity contribution in [3.05, 3.63) is 76.5 Å². The molecule has 0 radical (unpaired) electrons. The summed E-state index contributed by atoms with van der Waals surface area (Å²) in [6.07, 6.45) is 1.75. The number of rotatable bonds is 11. The summed E-state index contributed by atoms with van der Waals surface area (Å²) < 4.78 is 16.5. The Morgan fingerprint density at radius 1 is 1.03 bits per heavy atom. The van der Waals surface area contributed by atoms with Gasteiger partial charge >= 0.3 is 0 Å². The molecule has 0 spiro atoms. The summed E-state index contributed by atoms with van der Waals surface area (Å²) in [4.78, 5) is 42.0. The van der Waals surface area contributed by atoms with Crippen LogP contribution in [0.1, 0.15) is 34.1 Å². The Kier molecular flexibility index (Phi) is 9.34. The molecule has 2 atom stereocenters. The number of ether oxygens (including phenoxy) is 3. The van der Waals surface area contributed by atoms with Gasteiger partial charge in [0.1, 0.15) is 6.04 Å². The summed E-state index contributed by atoms with van der Waals surface area (Å²) in [6.45, 7) is 0.696. The Bertz CT molecular complexity index is 1230. The lowest BCUT2D eigenvalue weighted by Crippen LogP contribution is -2.48. The number of nitrogens with zero attached hydrogens (tertiary/aromatic N) is 1. The van der Waals surface area contributed by atoms with Crippen molar-refractivity contribution in [1.29, 1.82) is 0 Å². The quantitative estimate of drug-likeness (QED) is 0.388. The number of hydrogen-bond acceptors (Lipinski definition) is 7. The number of carbonyl (C=O) groups excluding carboxylic acids is 3. The molecular weight excluding hydrogens is 506 g/mol. The molecule has 1 fully saturated rings. The molecule has 10 heteroatoms. The van der Waals surface area contributed by atoms with Gasteiger partial charge in [-0.3, -0.25) is 19.3 Å². The van der Waals surface area contributed by atoms with Gasteiger partial charge in [0.05, 0.1) is 31.7 Å². The van der Waals surface area contributed by atoms with E-state index in [1.807, 2.05) is 18.2 Å². The molecule has 1 saturated heterocycles. The number of amides is 3. The smallest absolute Gasteiger partial charge is 0.261 e. The Morgan fingerprint density at radius 3 is 2.47 bits per heavy atom. The Labute approximate surface area is 225 Å². The molecule has 38 heavy (non-hydrogen) atoms. The zero-order valence-electron chi connectivity index (χ0n) is 21.3. The predicted molar refractivity (Wildman–Crippen MR) is 145 cm³/mol. The van der Waals surface area contributed by atoms with Crippen LogP contribution in [0.5, 0.6) is 11.5 Å². The van der Waals surface area contributed by atoms with Gasteiger partial charge in [-0.15, -0.1) is 11.3 Å². The van der Waals surface area contributed by atoms with E-state index in [0.717, 1.165) is 12.8 Å². The fourth-order valence-corrected chi connectivity index (χ4v) is 4.96. The molecule has 0 saturated carbocycles. The Morgan fingerprint density at radius 2 is 1.82 bits per heavy atom. The van der Waals surface area contributed by atoms with Crippen molar-refractivity contribution < 1.29 is 28.6 Å². The Hall–Kier alpha value is -3.89. The number of nitrogens with one attached hydrogen (secondary N) is 2. The highest BCUT2D eigenvalue weighted by molar-refractivity contribution is 7.12. The third-order valence-electron chi connectivity index (χ3n) is 6.21. The average Bonchev–Trinajstić information content (AvgIpc) is 3.68. The van der Waals surface area contributed by atoms with E-state index >= 15 is 0 Å². The molecule has 1 aliphatic rings. The number of anilines is 1. The molecule has 1 aromatic heterocycles. The first-order chi connectivity index (χ1) is 18.5. The number of methoxy groups -OCH3 is 2. The molecular formula is C28H31N3O6S.